The zero-order chi connectivity index (χ0) is 43.5. The Balaban J connectivity index is 0.000000240. The molecule has 2 aliphatic rings. The molecule has 0 aliphatic carbocycles. The van der Waals surface area contributed by atoms with Gasteiger partial charge in [0, 0.05) is 54.3 Å². The number of halogens is 8. The average Bonchev–Trinajstić information content (AvgIpc) is 3.20. The summed E-state index contributed by atoms with van der Waals surface area (Å²) in [5, 5.41) is 3.13. The third kappa shape index (κ3) is 10.8. The van der Waals surface area contributed by atoms with E-state index in [0.717, 1.165) is 66.1 Å². The molecule has 6 heterocycles. The van der Waals surface area contributed by atoms with Crippen LogP contribution in [0.15, 0.2) is 90.6 Å². The molecule has 1 N–H and O–H groups in total. The van der Waals surface area contributed by atoms with Crippen LogP contribution in [-0.2, 0) is 44.8 Å². The van der Waals surface area contributed by atoms with E-state index >= 15 is 0 Å². The second-order valence-corrected chi connectivity index (χ2v) is 16.4. The molecule has 12 nitrogen and oxygen atoms in total. The van der Waals surface area contributed by atoms with Gasteiger partial charge in [-0.05, 0) is 107 Å². The van der Waals surface area contributed by atoms with Gasteiger partial charge in [0.2, 0.25) is 10.0 Å². The van der Waals surface area contributed by atoms with Gasteiger partial charge in [0.15, 0.2) is 11.6 Å². The number of hydrogen-bond acceptors (Lipinski definition) is 11. The van der Waals surface area contributed by atoms with Gasteiger partial charge in [-0.3, -0.25) is 19.6 Å². The van der Waals surface area contributed by atoms with Gasteiger partial charge in [-0.25, -0.2) is 32.7 Å². The first-order chi connectivity index (χ1) is 28.2. The second kappa shape index (κ2) is 18.3. The van der Waals surface area contributed by atoms with Crippen LogP contribution in [0.2, 0.25) is 0 Å². The minimum atomic E-state index is -4.55. The van der Waals surface area contributed by atoms with Gasteiger partial charge in [0.05, 0.1) is 27.4 Å². The Kier molecular flexibility index (Phi) is 14.1. The van der Waals surface area contributed by atoms with Crippen molar-refractivity contribution in [1.29, 1.82) is 0 Å². The number of nitrogens with one attached hydrogen (secondary N) is 1. The summed E-state index contributed by atoms with van der Waals surface area (Å²) >= 11 is 0. The SMILES string of the molecule is C[C@@]1(C(=O)CCc2cc(-c3ccc(C(F)(F)F)nc3)ncn2)CCN1.C[C@@]1(C(=O)CCc2cc(-c3ccc(C(F)(F)F)nc3)ncn2)CCN1S(=O)(=O)c1ccc(F)cc1.[Cl-]. The Morgan fingerprint density at radius 1 is 0.705 bits per heavy atom. The first-order valence-corrected chi connectivity index (χ1v) is 19.9. The predicted octanol–water partition coefficient (Wildman–Crippen LogP) is 3.87. The molecule has 324 valence electrons. The van der Waals surface area contributed by atoms with Gasteiger partial charge in [-0.1, -0.05) is 0 Å². The highest BCUT2D eigenvalue weighted by molar-refractivity contribution is 7.89. The molecule has 61 heavy (non-hydrogen) atoms. The van der Waals surface area contributed by atoms with Crippen molar-refractivity contribution >= 4 is 21.6 Å². The molecule has 21 heteroatoms. The van der Waals surface area contributed by atoms with Crippen LogP contribution < -0.4 is 17.7 Å². The molecule has 2 atom stereocenters. The molecule has 5 aromatic rings. The van der Waals surface area contributed by atoms with E-state index in [1.807, 2.05) is 6.92 Å². The monoisotopic (exact) mass is 893 g/mol. The highest BCUT2D eigenvalue weighted by Gasteiger charge is 2.52. The zero-order valence-corrected chi connectivity index (χ0v) is 34.0. The van der Waals surface area contributed by atoms with Crippen LogP contribution in [0.1, 0.15) is 62.3 Å². The van der Waals surface area contributed by atoms with Crippen molar-refractivity contribution in [2.75, 3.05) is 13.1 Å². The molecule has 1 aromatic carbocycles. The molecule has 2 aliphatic heterocycles. The summed E-state index contributed by atoms with van der Waals surface area (Å²) in [6.45, 7) is 4.46. The van der Waals surface area contributed by atoms with Crippen LogP contribution in [-0.4, -0.2) is 78.4 Å². The van der Waals surface area contributed by atoms with Crippen LogP contribution in [0, 0.1) is 5.82 Å². The fourth-order valence-electron chi connectivity index (χ4n) is 6.51. The normalized spacial score (nSPS) is 19.0. The highest BCUT2D eigenvalue weighted by atomic mass is 35.5. The molecule has 2 fully saturated rings. The van der Waals surface area contributed by atoms with Crippen molar-refractivity contribution in [3.63, 3.8) is 0 Å². The van der Waals surface area contributed by atoms with Crippen LogP contribution >= 0.6 is 0 Å². The van der Waals surface area contributed by atoms with Crippen molar-refractivity contribution in [3.05, 3.63) is 114 Å². The quantitative estimate of drug-likeness (QED) is 0.181. The van der Waals surface area contributed by atoms with Gasteiger partial charge in [0.1, 0.15) is 29.9 Å². The van der Waals surface area contributed by atoms with Crippen molar-refractivity contribution in [3.8, 4) is 22.5 Å². The maximum atomic E-state index is 13.2. The molecule has 0 unspecified atom stereocenters. The number of Topliss-reactive ketones (excluding diaryl/α,β-unsaturated/α-hetero) is 2. The number of rotatable bonds is 12. The fourth-order valence-corrected chi connectivity index (χ4v) is 8.30. The lowest BCUT2D eigenvalue weighted by molar-refractivity contribution is -0.141. The van der Waals surface area contributed by atoms with Crippen molar-refractivity contribution in [1.82, 2.24) is 39.5 Å². The molecule has 4 aromatic heterocycles. The van der Waals surface area contributed by atoms with E-state index in [0.29, 0.717) is 53.2 Å². The summed E-state index contributed by atoms with van der Waals surface area (Å²) < 4.78 is 116. The third-order valence-corrected chi connectivity index (χ3v) is 12.5. The lowest BCUT2D eigenvalue weighted by atomic mass is 9.83. The molecular weight excluding hydrogens is 857 g/mol. The summed E-state index contributed by atoms with van der Waals surface area (Å²) in [7, 11) is -3.98. The minimum absolute atomic E-state index is 0. The highest BCUT2D eigenvalue weighted by Crippen LogP contribution is 2.38. The Morgan fingerprint density at radius 2 is 1.18 bits per heavy atom. The van der Waals surface area contributed by atoms with Gasteiger partial charge in [-0.2, -0.15) is 30.6 Å². The number of benzene rings is 1. The van der Waals surface area contributed by atoms with E-state index in [1.165, 1.54) is 24.8 Å². The van der Waals surface area contributed by atoms with Crippen molar-refractivity contribution < 1.29 is 61.1 Å². The predicted molar refractivity (Wildman–Crippen MR) is 202 cm³/mol. The largest absolute Gasteiger partial charge is 1.00 e. The van der Waals surface area contributed by atoms with Crippen LogP contribution in [0.5, 0.6) is 0 Å². The fraction of sp³-hybridized carbons (Fsp3) is 0.350. The Bertz CT molecular complexity index is 2460. The molecule has 0 amide bonds. The first kappa shape index (κ1) is 46.8. The van der Waals surface area contributed by atoms with Crippen LogP contribution in [0.4, 0.5) is 30.7 Å². The topological polar surface area (TPSA) is 161 Å². The molecule has 7 rings (SSSR count). The van der Waals surface area contributed by atoms with Crippen LogP contribution in [0.3, 0.4) is 0 Å². The number of sulfonamides is 1. The molecule has 0 radical (unpaired) electrons. The van der Waals surface area contributed by atoms with E-state index in [-0.39, 0.29) is 48.3 Å². The summed E-state index contributed by atoms with van der Waals surface area (Å²) in [6, 6.07) is 12.0. The smallest absolute Gasteiger partial charge is 0.433 e. The van der Waals surface area contributed by atoms with E-state index in [1.54, 1.807) is 19.1 Å². The number of pyridine rings is 2. The van der Waals surface area contributed by atoms with Crippen LogP contribution in [0.25, 0.3) is 22.5 Å². The van der Waals surface area contributed by atoms with E-state index in [4.69, 9.17) is 0 Å². The number of carbonyl (C=O) groups is 2. The van der Waals surface area contributed by atoms with E-state index < -0.39 is 50.7 Å². The van der Waals surface area contributed by atoms with Crippen molar-refractivity contribution in [2.24, 2.45) is 0 Å². The van der Waals surface area contributed by atoms with Gasteiger partial charge >= 0.3 is 12.4 Å². The lowest BCUT2D eigenvalue weighted by Crippen LogP contribution is -3.00. The Hall–Kier alpha value is -5.31. The van der Waals surface area contributed by atoms with Crippen molar-refractivity contribution in [2.45, 2.75) is 80.7 Å². The Morgan fingerprint density at radius 3 is 1.56 bits per heavy atom. The number of carbonyl (C=O) groups excluding carboxylic acids is 2. The van der Waals surface area contributed by atoms with Gasteiger partial charge in [-0.15, -0.1) is 0 Å². The summed E-state index contributed by atoms with van der Waals surface area (Å²) in [6.07, 6.45) is -2.07. The second-order valence-electron chi connectivity index (χ2n) is 14.6. The van der Waals surface area contributed by atoms with Gasteiger partial charge < -0.3 is 17.7 Å². The Labute approximate surface area is 352 Å². The molecule has 2 saturated heterocycles. The molecule has 0 bridgehead atoms. The van der Waals surface area contributed by atoms with E-state index in [9.17, 15) is 48.7 Å². The number of ketones is 2. The zero-order valence-electron chi connectivity index (χ0n) is 32.4. The minimum Gasteiger partial charge on any atom is -1.00 e. The maximum absolute atomic E-state index is 13.2. The summed E-state index contributed by atoms with van der Waals surface area (Å²) in [5.74, 6) is -0.733. The number of hydrogen-bond donors (Lipinski definition) is 1. The average molecular weight is 894 g/mol. The number of nitrogens with zero attached hydrogens (tertiary/aromatic N) is 7. The number of aryl methyl sites for hydroxylation is 2. The number of aromatic nitrogens is 6. The summed E-state index contributed by atoms with van der Waals surface area (Å²) in [5.41, 5.74) is -0.849. The standard InChI is InChI=1S/C23H20F4N4O3S.C17H17F3N4O.ClH/c1-22(10-11-31(22)35(33,34)18-6-3-16(24)4-7-18)21(32)9-5-17-12-19(30-14-29-17)15-2-8-20(28-13-15)23(25,26)27;1-16(6-7-24-16)15(25)5-3-12-8-13(23-10-22-12)11-2-4-14(21-9-11)17(18,19)20;/h2-4,6-8,12-14H,5,9-11H2,1H3;2,4,8-10,24H,3,5-7H2,1H3;1H/p-1/t22-;16-;/m00./s1. The molecular formula is C40H37ClF7N8O4S-. The number of alkyl halides is 6. The first-order valence-electron chi connectivity index (χ1n) is 18.5. The summed E-state index contributed by atoms with van der Waals surface area (Å²) in [4.78, 5) is 48.3. The van der Waals surface area contributed by atoms with Gasteiger partial charge in [0.25, 0.3) is 0 Å². The third-order valence-electron chi connectivity index (χ3n) is 10.5. The van der Waals surface area contributed by atoms with E-state index in [2.05, 4.69) is 35.2 Å². The molecule has 0 spiro atoms. The molecule has 0 saturated carbocycles. The lowest BCUT2D eigenvalue weighted by Gasteiger charge is -2.48. The maximum Gasteiger partial charge on any atom is 0.433 e.